The molecule has 1 rings (SSSR count). The van der Waals surface area contributed by atoms with Crippen LogP contribution in [-0.4, -0.2) is 23.9 Å². The van der Waals surface area contributed by atoms with E-state index in [4.69, 9.17) is 9.31 Å². The molecule has 1 atom stereocenters. The molecule has 0 aromatic carbocycles. The van der Waals surface area contributed by atoms with Crippen molar-refractivity contribution in [3.63, 3.8) is 0 Å². The highest BCUT2D eigenvalue weighted by atomic mass is 16.6. The van der Waals surface area contributed by atoms with Crippen LogP contribution in [0.4, 0.5) is 0 Å². The number of aromatic nitrogens is 1. The molecule has 0 aliphatic carbocycles. The first-order chi connectivity index (χ1) is 13.1. The molecule has 0 amide bonds. The van der Waals surface area contributed by atoms with Crippen LogP contribution in [-0.2, 0) is 14.1 Å². The van der Waals surface area contributed by atoms with Crippen molar-refractivity contribution in [3.8, 4) is 0 Å². The van der Waals surface area contributed by atoms with E-state index in [0.29, 0.717) is 6.42 Å². The Hall–Kier alpha value is -1.20. The van der Waals surface area contributed by atoms with E-state index in [1.165, 1.54) is 12.8 Å². The van der Waals surface area contributed by atoms with Crippen LogP contribution in [0.1, 0.15) is 90.9 Å². The van der Waals surface area contributed by atoms with Gasteiger partial charge in [0, 0.05) is 19.2 Å². The Balaban J connectivity index is 3.03. The molecule has 0 aliphatic heterocycles. The first-order valence-corrected chi connectivity index (χ1v) is 11.0. The van der Waals surface area contributed by atoms with E-state index in [9.17, 15) is 4.79 Å². The highest BCUT2D eigenvalue weighted by molar-refractivity contribution is 6.67. The molecule has 0 saturated carbocycles. The Morgan fingerprint density at radius 1 is 1.04 bits per heavy atom. The molecular weight excluding hydrogens is 337 g/mol. The van der Waals surface area contributed by atoms with Crippen molar-refractivity contribution >= 4 is 12.3 Å². The molecule has 0 bridgehead atoms. The van der Waals surface area contributed by atoms with Gasteiger partial charge in [0.05, 0.1) is 11.8 Å². The predicted octanol–water partition coefficient (Wildman–Crippen LogP) is 6.37. The number of Topliss-reactive ketones (excluding diaryl/α,β-unsaturated/α-hetero) is 1. The molecule has 0 unspecified atom stereocenters. The maximum absolute atomic E-state index is 11.9. The molecule has 0 saturated heterocycles. The second kappa shape index (κ2) is 13.9. The van der Waals surface area contributed by atoms with Crippen molar-refractivity contribution in [2.75, 3.05) is 6.61 Å². The van der Waals surface area contributed by atoms with Crippen molar-refractivity contribution in [2.45, 2.75) is 97.8 Å². The summed E-state index contributed by atoms with van der Waals surface area (Å²) in [4.78, 5) is 16.4. The van der Waals surface area contributed by atoms with Gasteiger partial charge in [0.2, 0.25) is 6.55 Å². The summed E-state index contributed by atoms with van der Waals surface area (Å²) in [6.07, 6.45) is 11.4. The molecule has 5 heteroatoms. The zero-order valence-electron chi connectivity index (χ0n) is 17.9. The van der Waals surface area contributed by atoms with E-state index in [1.807, 2.05) is 18.2 Å². The SMILES string of the molecule is CCCCCO[B-](CCCC)(CCCC)O[C@H](CC(C)=O)c1ccccn1. The predicted molar refractivity (Wildman–Crippen MR) is 114 cm³/mol. The molecule has 0 fully saturated rings. The van der Waals surface area contributed by atoms with Crippen molar-refractivity contribution < 1.29 is 14.1 Å². The standard InChI is InChI=1S/C22H39BNO3/c1-5-8-13-18-26-23(15-9-6-2,16-10-7-3)27-22(19-20(4)25)21-14-11-12-17-24-21/h11-12,14,17,22H,5-10,13,15-16,18-19H2,1-4H3/q-1/t22-/m1/s1. The fourth-order valence-electron chi connectivity index (χ4n) is 3.52. The normalized spacial score (nSPS) is 12.9. The lowest BCUT2D eigenvalue weighted by Crippen LogP contribution is -2.44. The van der Waals surface area contributed by atoms with Gasteiger partial charge < -0.3 is 9.31 Å². The molecule has 27 heavy (non-hydrogen) atoms. The minimum atomic E-state index is -1.42. The number of rotatable bonds is 16. The first-order valence-electron chi connectivity index (χ1n) is 11.0. The lowest BCUT2D eigenvalue weighted by atomic mass is 9.49. The molecule has 0 aliphatic rings. The van der Waals surface area contributed by atoms with Crippen molar-refractivity contribution in [1.82, 2.24) is 4.98 Å². The second-order valence-corrected chi connectivity index (χ2v) is 7.70. The molecule has 4 nitrogen and oxygen atoms in total. The molecule has 0 N–H and O–H groups in total. The number of carbonyl (C=O) groups is 1. The minimum Gasteiger partial charge on any atom is -0.568 e. The summed E-state index contributed by atoms with van der Waals surface area (Å²) < 4.78 is 13.1. The fourth-order valence-corrected chi connectivity index (χ4v) is 3.52. The van der Waals surface area contributed by atoms with E-state index in [2.05, 4.69) is 25.8 Å². The Kier molecular flexibility index (Phi) is 12.3. The summed E-state index contributed by atoms with van der Waals surface area (Å²) in [5, 5.41) is 0. The van der Waals surface area contributed by atoms with Gasteiger partial charge in [-0.3, -0.25) is 9.78 Å². The highest BCUT2D eigenvalue weighted by Crippen LogP contribution is 2.32. The van der Waals surface area contributed by atoms with Crippen LogP contribution < -0.4 is 0 Å². The summed E-state index contributed by atoms with van der Waals surface area (Å²) in [6, 6.07) is 5.79. The third kappa shape index (κ3) is 9.52. The average molecular weight is 376 g/mol. The average Bonchev–Trinajstić information content (AvgIpc) is 2.68. The summed E-state index contributed by atoms with van der Waals surface area (Å²) in [5.74, 6) is 0.118. The monoisotopic (exact) mass is 376 g/mol. The van der Waals surface area contributed by atoms with Crippen LogP contribution in [0.5, 0.6) is 0 Å². The van der Waals surface area contributed by atoms with Crippen LogP contribution in [0.3, 0.4) is 0 Å². The van der Waals surface area contributed by atoms with Gasteiger partial charge >= 0.3 is 0 Å². The zero-order chi connectivity index (χ0) is 20.0. The summed E-state index contributed by atoms with van der Waals surface area (Å²) in [5.41, 5.74) is 0.823. The van der Waals surface area contributed by atoms with Gasteiger partial charge in [-0.2, -0.15) is 0 Å². The van der Waals surface area contributed by atoms with E-state index in [-0.39, 0.29) is 11.9 Å². The van der Waals surface area contributed by atoms with Gasteiger partial charge in [-0.25, -0.2) is 0 Å². The molecule has 1 heterocycles. The summed E-state index contributed by atoms with van der Waals surface area (Å²) >= 11 is 0. The highest BCUT2D eigenvalue weighted by Gasteiger charge is 2.30. The Labute approximate surface area is 166 Å². The van der Waals surface area contributed by atoms with Gasteiger partial charge in [-0.1, -0.05) is 65.4 Å². The van der Waals surface area contributed by atoms with Crippen LogP contribution in [0, 0.1) is 0 Å². The molecule has 1 aromatic heterocycles. The third-order valence-corrected chi connectivity index (χ3v) is 5.07. The van der Waals surface area contributed by atoms with Crippen LogP contribution in [0.2, 0.25) is 12.6 Å². The van der Waals surface area contributed by atoms with Gasteiger partial charge in [-0.05, 0) is 25.5 Å². The minimum absolute atomic E-state index is 0.118. The number of carbonyl (C=O) groups excluding carboxylic acids is 1. The van der Waals surface area contributed by atoms with Crippen molar-refractivity contribution in [1.29, 1.82) is 0 Å². The molecule has 0 spiro atoms. The third-order valence-electron chi connectivity index (χ3n) is 5.07. The molecule has 0 radical (unpaired) electrons. The van der Waals surface area contributed by atoms with Gasteiger partial charge in [-0.15, -0.1) is 12.6 Å². The first kappa shape index (κ1) is 23.8. The largest absolute Gasteiger partial charge is 0.568 e. The fraction of sp³-hybridized carbons (Fsp3) is 0.727. The number of pyridine rings is 1. The molecule has 154 valence electrons. The number of hydrogen-bond donors (Lipinski definition) is 0. The number of ketones is 1. The molecular formula is C22H39BNO3-. The van der Waals surface area contributed by atoms with Gasteiger partial charge in [0.25, 0.3) is 0 Å². The van der Waals surface area contributed by atoms with Crippen LogP contribution in [0.15, 0.2) is 24.4 Å². The quantitative estimate of drug-likeness (QED) is 0.248. The van der Waals surface area contributed by atoms with Crippen molar-refractivity contribution in [2.24, 2.45) is 0 Å². The zero-order valence-corrected chi connectivity index (χ0v) is 17.9. The summed E-state index contributed by atoms with van der Waals surface area (Å²) in [7, 11) is 0. The van der Waals surface area contributed by atoms with E-state index in [1.54, 1.807) is 13.1 Å². The van der Waals surface area contributed by atoms with E-state index < -0.39 is 6.55 Å². The smallest absolute Gasteiger partial charge is 0.241 e. The lowest BCUT2D eigenvalue weighted by molar-refractivity contribution is -0.118. The van der Waals surface area contributed by atoms with Gasteiger partial charge in [0.15, 0.2) is 0 Å². The van der Waals surface area contributed by atoms with Crippen LogP contribution >= 0.6 is 0 Å². The van der Waals surface area contributed by atoms with E-state index in [0.717, 1.165) is 57.0 Å². The van der Waals surface area contributed by atoms with Gasteiger partial charge in [0.1, 0.15) is 5.78 Å². The lowest BCUT2D eigenvalue weighted by Gasteiger charge is -2.45. The Morgan fingerprint density at radius 3 is 2.22 bits per heavy atom. The van der Waals surface area contributed by atoms with Crippen molar-refractivity contribution in [3.05, 3.63) is 30.1 Å². The Bertz CT molecular complexity index is 502. The summed E-state index contributed by atoms with van der Waals surface area (Å²) in [6.45, 7) is 7.53. The maximum Gasteiger partial charge on any atom is 0.241 e. The second-order valence-electron chi connectivity index (χ2n) is 7.70. The molecule has 1 aromatic rings. The maximum atomic E-state index is 11.9. The van der Waals surface area contributed by atoms with E-state index >= 15 is 0 Å². The topological polar surface area (TPSA) is 48.4 Å². The van der Waals surface area contributed by atoms with Crippen LogP contribution in [0.25, 0.3) is 0 Å². The number of unbranched alkanes of at least 4 members (excludes halogenated alkanes) is 4. The Morgan fingerprint density at radius 2 is 1.70 bits per heavy atom. The number of hydrogen-bond acceptors (Lipinski definition) is 4. The number of nitrogens with zero attached hydrogens (tertiary/aromatic N) is 1.